The average Bonchev–Trinajstić information content (AvgIpc) is 3.31. The van der Waals surface area contributed by atoms with Crippen LogP contribution in [0.25, 0.3) is 17.1 Å². The summed E-state index contributed by atoms with van der Waals surface area (Å²) < 4.78 is 65.3. The van der Waals surface area contributed by atoms with Gasteiger partial charge in [-0.15, -0.1) is 5.10 Å². The van der Waals surface area contributed by atoms with Gasteiger partial charge in [0, 0.05) is 17.9 Å². The molecule has 192 valence electrons. The third kappa shape index (κ3) is 6.31. The molecular formula is C26H22F4N4O3. The second-order valence-corrected chi connectivity index (χ2v) is 7.73. The number of aromatic nitrogens is 3. The number of benzene rings is 3. The molecule has 1 N–H and O–H groups in total. The number of halogens is 4. The van der Waals surface area contributed by atoms with E-state index in [0.29, 0.717) is 30.2 Å². The second-order valence-electron chi connectivity index (χ2n) is 7.73. The second kappa shape index (κ2) is 11.2. The van der Waals surface area contributed by atoms with Crippen molar-refractivity contribution >= 4 is 11.6 Å². The van der Waals surface area contributed by atoms with Crippen LogP contribution in [-0.2, 0) is 10.9 Å². The number of carbonyl (C=O) groups excluding carboxylic acids is 1. The first-order valence-corrected chi connectivity index (χ1v) is 11.3. The number of ether oxygens (including phenoxy) is 2. The lowest BCUT2D eigenvalue weighted by Crippen LogP contribution is -2.14. The fourth-order valence-electron chi connectivity index (χ4n) is 3.42. The molecule has 0 unspecified atom stereocenters. The van der Waals surface area contributed by atoms with E-state index >= 15 is 0 Å². The molecule has 0 aliphatic rings. The molecule has 1 aromatic heterocycles. The number of amides is 1. The Labute approximate surface area is 209 Å². The van der Waals surface area contributed by atoms with E-state index in [4.69, 9.17) is 9.47 Å². The van der Waals surface area contributed by atoms with Crippen molar-refractivity contribution in [3.05, 3.63) is 89.7 Å². The van der Waals surface area contributed by atoms with E-state index in [1.165, 1.54) is 35.0 Å². The summed E-state index contributed by atoms with van der Waals surface area (Å²) in [6, 6.07) is 16.5. The summed E-state index contributed by atoms with van der Waals surface area (Å²) in [7, 11) is 0. The summed E-state index contributed by atoms with van der Waals surface area (Å²) in [6.07, 6.45) is -4.48. The molecule has 1 amide bonds. The van der Waals surface area contributed by atoms with Crippen molar-refractivity contribution in [3.63, 3.8) is 0 Å². The lowest BCUT2D eigenvalue weighted by molar-refractivity contribution is -0.137. The highest BCUT2D eigenvalue weighted by atomic mass is 19.4. The molecule has 4 rings (SSSR count). The number of hydrogen-bond acceptors (Lipinski definition) is 5. The Morgan fingerprint density at radius 1 is 1.00 bits per heavy atom. The van der Waals surface area contributed by atoms with Gasteiger partial charge < -0.3 is 14.8 Å². The van der Waals surface area contributed by atoms with Gasteiger partial charge in [-0.3, -0.25) is 4.79 Å². The standard InChI is InChI=1S/C26H22F4N4O3/c1-2-36-14-15-37-25-32-23(17-10-12-18(13-11-17)26(28,29)30)34(33-25)20-7-5-6-19(16-20)31-24(35)21-8-3-4-9-22(21)27/h3-13,16H,2,14-15H2,1H3,(H,31,35). The first-order chi connectivity index (χ1) is 17.8. The number of nitrogens with one attached hydrogen (secondary N) is 1. The average molecular weight is 514 g/mol. The number of hydrogen-bond donors (Lipinski definition) is 1. The van der Waals surface area contributed by atoms with E-state index in [0.717, 1.165) is 12.1 Å². The molecule has 0 radical (unpaired) electrons. The van der Waals surface area contributed by atoms with Crippen LogP contribution in [0.1, 0.15) is 22.8 Å². The van der Waals surface area contributed by atoms with Gasteiger partial charge in [-0.25, -0.2) is 9.07 Å². The van der Waals surface area contributed by atoms with Crippen molar-refractivity contribution in [2.24, 2.45) is 0 Å². The minimum Gasteiger partial charge on any atom is -0.460 e. The van der Waals surface area contributed by atoms with Gasteiger partial charge in [0.15, 0.2) is 5.82 Å². The van der Waals surface area contributed by atoms with Crippen LogP contribution >= 0.6 is 0 Å². The highest BCUT2D eigenvalue weighted by Crippen LogP contribution is 2.32. The van der Waals surface area contributed by atoms with Gasteiger partial charge in [-0.05, 0) is 49.4 Å². The maximum Gasteiger partial charge on any atom is 0.416 e. The molecule has 0 aliphatic heterocycles. The topological polar surface area (TPSA) is 78.3 Å². The highest BCUT2D eigenvalue weighted by Gasteiger charge is 2.30. The van der Waals surface area contributed by atoms with E-state index in [1.54, 1.807) is 30.3 Å². The van der Waals surface area contributed by atoms with Crippen LogP contribution in [0.2, 0.25) is 0 Å². The van der Waals surface area contributed by atoms with Crippen molar-refractivity contribution in [3.8, 4) is 23.1 Å². The van der Waals surface area contributed by atoms with Crippen molar-refractivity contribution in [2.75, 3.05) is 25.1 Å². The molecule has 0 saturated heterocycles. The lowest BCUT2D eigenvalue weighted by atomic mass is 10.1. The van der Waals surface area contributed by atoms with Gasteiger partial charge in [-0.1, -0.05) is 30.3 Å². The van der Waals surface area contributed by atoms with Crippen LogP contribution in [0.4, 0.5) is 23.2 Å². The number of carbonyl (C=O) groups is 1. The molecule has 0 fully saturated rings. The van der Waals surface area contributed by atoms with Crippen molar-refractivity contribution in [1.82, 2.24) is 14.8 Å². The summed E-state index contributed by atoms with van der Waals surface area (Å²) in [6.45, 7) is 2.82. The van der Waals surface area contributed by atoms with Crippen molar-refractivity contribution in [2.45, 2.75) is 13.1 Å². The minimum absolute atomic E-state index is 0.00426. The van der Waals surface area contributed by atoms with E-state index in [2.05, 4.69) is 15.4 Å². The predicted molar refractivity (Wildman–Crippen MR) is 128 cm³/mol. The van der Waals surface area contributed by atoms with Crippen molar-refractivity contribution in [1.29, 1.82) is 0 Å². The molecule has 0 atom stereocenters. The normalized spacial score (nSPS) is 11.4. The Balaban J connectivity index is 1.66. The number of anilines is 1. The molecule has 3 aromatic carbocycles. The molecule has 11 heteroatoms. The molecule has 1 heterocycles. The first kappa shape index (κ1) is 25.8. The predicted octanol–water partition coefficient (Wildman–Crippen LogP) is 5.76. The Morgan fingerprint density at radius 3 is 2.46 bits per heavy atom. The maximum absolute atomic E-state index is 14.0. The van der Waals surface area contributed by atoms with Gasteiger partial charge in [0.1, 0.15) is 12.4 Å². The van der Waals surface area contributed by atoms with Gasteiger partial charge in [0.2, 0.25) is 0 Å². The molecule has 4 aromatic rings. The number of nitrogens with zero attached hydrogens (tertiary/aromatic N) is 3. The Kier molecular flexibility index (Phi) is 7.83. The highest BCUT2D eigenvalue weighted by molar-refractivity contribution is 6.04. The number of rotatable bonds is 9. The molecule has 0 aliphatic carbocycles. The summed E-state index contributed by atoms with van der Waals surface area (Å²) in [4.78, 5) is 16.9. The Morgan fingerprint density at radius 2 is 1.76 bits per heavy atom. The Bertz CT molecular complexity index is 1370. The summed E-state index contributed by atoms with van der Waals surface area (Å²) >= 11 is 0. The third-order valence-corrected chi connectivity index (χ3v) is 5.19. The molecule has 0 saturated carbocycles. The summed E-state index contributed by atoms with van der Waals surface area (Å²) in [5, 5.41) is 6.99. The van der Waals surface area contributed by atoms with Crippen LogP contribution < -0.4 is 10.1 Å². The quantitative estimate of drug-likeness (QED) is 0.227. The van der Waals surface area contributed by atoms with Crippen LogP contribution in [0.5, 0.6) is 6.01 Å². The lowest BCUT2D eigenvalue weighted by Gasteiger charge is -2.10. The van der Waals surface area contributed by atoms with Crippen LogP contribution in [0.3, 0.4) is 0 Å². The third-order valence-electron chi connectivity index (χ3n) is 5.19. The zero-order chi connectivity index (χ0) is 26.4. The van der Waals surface area contributed by atoms with Gasteiger partial charge in [0.25, 0.3) is 5.91 Å². The van der Waals surface area contributed by atoms with Crippen molar-refractivity contribution < 1.29 is 31.8 Å². The maximum atomic E-state index is 14.0. The Hall–Kier alpha value is -4.25. The fraction of sp³-hybridized carbons (Fsp3) is 0.192. The van der Waals surface area contributed by atoms with E-state index < -0.39 is 23.5 Å². The van der Waals surface area contributed by atoms with E-state index in [1.807, 2.05) is 6.92 Å². The van der Waals surface area contributed by atoms with Gasteiger partial charge in [-0.2, -0.15) is 18.2 Å². The molecule has 7 nitrogen and oxygen atoms in total. The van der Waals surface area contributed by atoms with Gasteiger partial charge >= 0.3 is 12.2 Å². The van der Waals surface area contributed by atoms with Crippen LogP contribution in [0.15, 0.2) is 72.8 Å². The van der Waals surface area contributed by atoms with E-state index in [9.17, 15) is 22.4 Å². The largest absolute Gasteiger partial charge is 0.460 e. The van der Waals surface area contributed by atoms with E-state index in [-0.39, 0.29) is 24.0 Å². The SMILES string of the molecule is CCOCCOc1nc(-c2ccc(C(F)(F)F)cc2)n(-c2cccc(NC(=O)c3ccccc3F)c2)n1. The molecule has 0 spiro atoms. The smallest absolute Gasteiger partial charge is 0.416 e. The minimum atomic E-state index is -4.48. The molecular weight excluding hydrogens is 492 g/mol. The first-order valence-electron chi connectivity index (χ1n) is 11.3. The fourth-order valence-corrected chi connectivity index (χ4v) is 3.42. The number of alkyl halides is 3. The zero-order valence-electron chi connectivity index (χ0n) is 19.6. The van der Waals surface area contributed by atoms with Gasteiger partial charge in [0.05, 0.1) is 23.4 Å². The zero-order valence-corrected chi connectivity index (χ0v) is 19.6. The van der Waals surface area contributed by atoms with Crippen LogP contribution in [-0.4, -0.2) is 40.5 Å². The summed E-state index contributed by atoms with van der Waals surface area (Å²) in [5.41, 5.74) is 0.227. The molecule has 0 bridgehead atoms. The summed E-state index contributed by atoms with van der Waals surface area (Å²) in [5.74, 6) is -1.08. The van der Waals surface area contributed by atoms with Crippen LogP contribution in [0, 0.1) is 5.82 Å². The molecule has 37 heavy (non-hydrogen) atoms. The monoisotopic (exact) mass is 514 g/mol.